The Labute approximate surface area is 110 Å². The van der Waals surface area contributed by atoms with Crippen molar-refractivity contribution < 1.29 is 4.74 Å². The Balaban J connectivity index is 1.76. The van der Waals surface area contributed by atoms with Crippen LogP contribution in [-0.2, 0) is 4.74 Å². The van der Waals surface area contributed by atoms with Crippen LogP contribution in [0.3, 0.4) is 0 Å². The van der Waals surface area contributed by atoms with Crippen LogP contribution >= 0.6 is 12.2 Å². The number of hydrogen-bond donors (Lipinski definition) is 1. The molecule has 1 aliphatic heterocycles. The zero-order valence-corrected chi connectivity index (χ0v) is 11.6. The Kier molecular flexibility index (Phi) is 5.04. The van der Waals surface area contributed by atoms with Crippen LogP contribution in [0.4, 0.5) is 0 Å². The van der Waals surface area contributed by atoms with Crippen molar-refractivity contribution >= 4 is 17.3 Å². The largest absolute Gasteiger partial charge is 0.383 e. The average molecular weight is 256 g/mol. The molecule has 1 saturated carbocycles. The minimum Gasteiger partial charge on any atom is -0.383 e. The van der Waals surface area contributed by atoms with Gasteiger partial charge < -0.3 is 15.0 Å². The smallest absolute Gasteiger partial charge is 0.169 e. The molecule has 0 aromatic carbocycles. The van der Waals surface area contributed by atoms with Crippen LogP contribution in [0.15, 0.2) is 0 Å². The first kappa shape index (κ1) is 13.1. The summed E-state index contributed by atoms with van der Waals surface area (Å²) in [4.78, 5) is 2.36. The number of fused-ring (bicyclic) bond motifs is 1. The van der Waals surface area contributed by atoms with Crippen LogP contribution in [0.5, 0.6) is 0 Å². The van der Waals surface area contributed by atoms with Crippen LogP contribution in [0, 0.1) is 11.8 Å². The Hall–Kier alpha value is -0.350. The van der Waals surface area contributed by atoms with Crippen molar-refractivity contribution in [2.75, 3.05) is 33.4 Å². The van der Waals surface area contributed by atoms with Crippen molar-refractivity contribution in [2.45, 2.75) is 32.1 Å². The van der Waals surface area contributed by atoms with E-state index in [4.69, 9.17) is 17.0 Å². The monoisotopic (exact) mass is 256 g/mol. The van der Waals surface area contributed by atoms with Crippen molar-refractivity contribution in [3.63, 3.8) is 0 Å². The van der Waals surface area contributed by atoms with E-state index >= 15 is 0 Å². The molecule has 0 aromatic rings. The normalized spacial score (nSPS) is 28.6. The van der Waals surface area contributed by atoms with E-state index in [9.17, 15) is 0 Å². The SMILES string of the molecule is COCCNC(=S)N1CCC2CCCCC2C1. The first-order valence-corrected chi connectivity index (χ1v) is 7.24. The summed E-state index contributed by atoms with van der Waals surface area (Å²) < 4.78 is 5.02. The zero-order valence-electron chi connectivity index (χ0n) is 10.8. The molecule has 0 radical (unpaired) electrons. The molecule has 0 aromatic heterocycles. The summed E-state index contributed by atoms with van der Waals surface area (Å²) in [6, 6.07) is 0. The summed E-state index contributed by atoms with van der Waals surface area (Å²) in [5, 5.41) is 4.20. The maximum Gasteiger partial charge on any atom is 0.169 e. The molecule has 0 bridgehead atoms. The van der Waals surface area contributed by atoms with E-state index in [0.717, 1.165) is 36.6 Å². The summed E-state index contributed by atoms with van der Waals surface area (Å²) in [6.07, 6.45) is 7.04. The van der Waals surface area contributed by atoms with E-state index < -0.39 is 0 Å². The second kappa shape index (κ2) is 6.55. The lowest BCUT2D eigenvalue weighted by Gasteiger charge is -2.42. The van der Waals surface area contributed by atoms with Crippen LogP contribution in [0.1, 0.15) is 32.1 Å². The lowest BCUT2D eigenvalue weighted by atomic mass is 9.75. The molecule has 2 unspecified atom stereocenters. The van der Waals surface area contributed by atoms with Crippen molar-refractivity contribution in [3.8, 4) is 0 Å². The molecule has 98 valence electrons. The third-order valence-electron chi connectivity index (χ3n) is 4.16. The fraction of sp³-hybridized carbons (Fsp3) is 0.923. The van der Waals surface area contributed by atoms with Gasteiger partial charge in [-0.25, -0.2) is 0 Å². The van der Waals surface area contributed by atoms with Crippen molar-refractivity contribution in [3.05, 3.63) is 0 Å². The third-order valence-corrected chi connectivity index (χ3v) is 4.56. The summed E-state index contributed by atoms with van der Waals surface area (Å²) >= 11 is 5.44. The topological polar surface area (TPSA) is 24.5 Å². The maximum absolute atomic E-state index is 5.44. The zero-order chi connectivity index (χ0) is 12.1. The highest BCUT2D eigenvalue weighted by atomic mass is 32.1. The van der Waals surface area contributed by atoms with E-state index in [0.29, 0.717) is 0 Å². The minimum absolute atomic E-state index is 0.722. The number of methoxy groups -OCH3 is 1. The van der Waals surface area contributed by atoms with Crippen molar-refractivity contribution in [2.24, 2.45) is 11.8 Å². The molecule has 2 atom stereocenters. The van der Waals surface area contributed by atoms with Crippen LogP contribution in [-0.4, -0.2) is 43.4 Å². The molecule has 2 fully saturated rings. The second-order valence-electron chi connectivity index (χ2n) is 5.26. The number of nitrogens with one attached hydrogen (secondary N) is 1. The highest BCUT2D eigenvalue weighted by Crippen LogP contribution is 2.35. The Morgan fingerprint density at radius 2 is 2.06 bits per heavy atom. The summed E-state index contributed by atoms with van der Waals surface area (Å²) in [7, 11) is 1.72. The molecule has 1 saturated heterocycles. The predicted molar refractivity (Wildman–Crippen MR) is 74.1 cm³/mol. The van der Waals surface area contributed by atoms with Crippen LogP contribution in [0.2, 0.25) is 0 Å². The number of hydrogen-bond acceptors (Lipinski definition) is 2. The van der Waals surface area contributed by atoms with Gasteiger partial charge in [-0.2, -0.15) is 0 Å². The van der Waals surface area contributed by atoms with E-state index in [-0.39, 0.29) is 0 Å². The highest BCUT2D eigenvalue weighted by molar-refractivity contribution is 7.80. The van der Waals surface area contributed by atoms with Gasteiger partial charge in [-0.05, 0) is 36.9 Å². The number of nitrogens with zero attached hydrogens (tertiary/aromatic N) is 1. The molecule has 1 heterocycles. The van der Waals surface area contributed by atoms with Gasteiger partial charge in [0.1, 0.15) is 0 Å². The maximum atomic E-state index is 5.44. The van der Waals surface area contributed by atoms with Gasteiger partial charge in [0.25, 0.3) is 0 Å². The minimum atomic E-state index is 0.722. The predicted octanol–water partition coefficient (Wildman–Crippen LogP) is 2.02. The van der Waals surface area contributed by atoms with Gasteiger partial charge in [0, 0.05) is 26.7 Å². The molecular weight excluding hydrogens is 232 g/mol. The van der Waals surface area contributed by atoms with Gasteiger partial charge in [-0.15, -0.1) is 0 Å². The molecule has 17 heavy (non-hydrogen) atoms. The summed E-state index contributed by atoms with van der Waals surface area (Å²) in [5.74, 6) is 1.86. The lowest BCUT2D eigenvalue weighted by molar-refractivity contribution is 0.128. The van der Waals surface area contributed by atoms with E-state index in [1.165, 1.54) is 38.6 Å². The van der Waals surface area contributed by atoms with Gasteiger partial charge in [0.05, 0.1) is 6.61 Å². The van der Waals surface area contributed by atoms with E-state index in [1.54, 1.807) is 7.11 Å². The third kappa shape index (κ3) is 3.55. The summed E-state index contributed by atoms with van der Waals surface area (Å²) in [6.45, 7) is 3.85. The van der Waals surface area contributed by atoms with E-state index in [2.05, 4.69) is 10.2 Å². The number of likely N-dealkylation sites (tertiary alicyclic amines) is 1. The second-order valence-corrected chi connectivity index (χ2v) is 5.65. The molecule has 4 heteroatoms. The van der Waals surface area contributed by atoms with Gasteiger partial charge >= 0.3 is 0 Å². The number of piperidine rings is 1. The van der Waals surface area contributed by atoms with Gasteiger partial charge in [-0.1, -0.05) is 19.3 Å². The Morgan fingerprint density at radius 3 is 2.82 bits per heavy atom. The number of ether oxygens (including phenoxy) is 1. The van der Waals surface area contributed by atoms with Crippen molar-refractivity contribution in [1.29, 1.82) is 0 Å². The molecule has 2 rings (SSSR count). The van der Waals surface area contributed by atoms with Gasteiger partial charge in [0.15, 0.2) is 5.11 Å². The van der Waals surface area contributed by atoms with E-state index in [1.807, 2.05) is 0 Å². The fourth-order valence-corrected chi connectivity index (χ4v) is 3.43. The molecule has 1 N–H and O–H groups in total. The molecule has 3 nitrogen and oxygen atoms in total. The van der Waals surface area contributed by atoms with Crippen LogP contribution < -0.4 is 5.32 Å². The van der Waals surface area contributed by atoms with Crippen LogP contribution in [0.25, 0.3) is 0 Å². The molecule has 0 spiro atoms. The number of thiocarbonyl (C=S) groups is 1. The molecule has 0 amide bonds. The average Bonchev–Trinajstić information content (AvgIpc) is 2.38. The summed E-state index contributed by atoms with van der Waals surface area (Å²) in [5.41, 5.74) is 0. The standard InChI is InChI=1S/C13H24N2OS/c1-16-9-7-14-13(17)15-8-6-11-4-2-3-5-12(11)10-15/h11-12H,2-10H2,1H3,(H,14,17). The lowest BCUT2D eigenvalue weighted by Crippen LogP contribution is -2.49. The van der Waals surface area contributed by atoms with Gasteiger partial charge in [-0.3, -0.25) is 0 Å². The quantitative estimate of drug-likeness (QED) is 0.617. The molecule has 2 aliphatic rings. The molecular formula is C13H24N2OS. The van der Waals surface area contributed by atoms with Gasteiger partial charge in [0.2, 0.25) is 0 Å². The Morgan fingerprint density at radius 1 is 1.29 bits per heavy atom. The first-order chi connectivity index (χ1) is 8.31. The Bertz CT molecular complexity index is 260. The number of rotatable bonds is 3. The first-order valence-electron chi connectivity index (χ1n) is 6.83. The fourth-order valence-electron chi connectivity index (χ4n) is 3.16. The molecule has 1 aliphatic carbocycles. The highest BCUT2D eigenvalue weighted by Gasteiger charge is 2.31. The van der Waals surface area contributed by atoms with Crippen molar-refractivity contribution in [1.82, 2.24) is 10.2 Å².